The lowest BCUT2D eigenvalue weighted by molar-refractivity contribution is 0.295. The van der Waals surface area contributed by atoms with Crippen LogP contribution in [0.2, 0.25) is 0 Å². The van der Waals surface area contributed by atoms with Crippen LogP contribution in [0.3, 0.4) is 0 Å². The van der Waals surface area contributed by atoms with Crippen LogP contribution >= 0.6 is 0 Å². The van der Waals surface area contributed by atoms with Crippen molar-refractivity contribution in [3.63, 3.8) is 0 Å². The Morgan fingerprint density at radius 1 is 0.478 bits per heavy atom. The molecule has 0 aliphatic carbocycles. The van der Waals surface area contributed by atoms with E-state index in [-0.39, 0.29) is 0 Å². The monoisotopic (exact) mass is 326 g/mol. The van der Waals surface area contributed by atoms with Gasteiger partial charge in [0.25, 0.3) is 0 Å². The van der Waals surface area contributed by atoms with Crippen molar-refractivity contribution in [1.82, 2.24) is 4.90 Å². The Morgan fingerprint density at radius 2 is 0.783 bits per heavy atom. The van der Waals surface area contributed by atoms with Crippen molar-refractivity contribution in [2.45, 2.75) is 110 Å². The van der Waals surface area contributed by atoms with Gasteiger partial charge in [-0.1, -0.05) is 97.3 Å². The maximum absolute atomic E-state index is 5.50. The Balaban J connectivity index is 3.02. The summed E-state index contributed by atoms with van der Waals surface area (Å²) < 4.78 is 0. The third-order valence-electron chi connectivity index (χ3n) is 5.07. The van der Waals surface area contributed by atoms with E-state index in [2.05, 4.69) is 18.7 Å². The Labute approximate surface area is 147 Å². The van der Waals surface area contributed by atoms with E-state index in [9.17, 15) is 0 Å². The molecule has 0 saturated heterocycles. The van der Waals surface area contributed by atoms with Gasteiger partial charge in [0.2, 0.25) is 0 Å². The van der Waals surface area contributed by atoms with E-state index in [0.717, 1.165) is 6.54 Å². The molecule has 23 heavy (non-hydrogen) atoms. The first-order chi connectivity index (χ1) is 11.3. The van der Waals surface area contributed by atoms with Crippen LogP contribution in [0.1, 0.15) is 110 Å². The normalized spacial score (nSPS) is 11.5. The summed E-state index contributed by atoms with van der Waals surface area (Å²) in [5.74, 6) is 0. The molecule has 2 heteroatoms. The second-order valence-electron chi connectivity index (χ2n) is 7.12. The smallest absolute Gasteiger partial charge is 0.00190 e. The molecule has 0 spiro atoms. The van der Waals surface area contributed by atoms with Crippen LogP contribution in [0.15, 0.2) is 0 Å². The van der Waals surface area contributed by atoms with E-state index in [0.29, 0.717) is 0 Å². The third kappa shape index (κ3) is 18.1. The molecule has 0 aliphatic rings. The lowest BCUT2D eigenvalue weighted by Gasteiger charge is -2.17. The number of nitrogens with zero attached hydrogens (tertiary/aromatic N) is 1. The first-order valence-corrected chi connectivity index (χ1v) is 10.8. The fourth-order valence-corrected chi connectivity index (χ4v) is 3.32. The predicted molar refractivity (Wildman–Crippen MR) is 106 cm³/mol. The van der Waals surface area contributed by atoms with Crippen molar-refractivity contribution in [2.24, 2.45) is 5.73 Å². The zero-order valence-electron chi connectivity index (χ0n) is 16.5. The van der Waals surface area contributed by atoms with Crippen molar-refractivity contribution < 1.29 is 0 Å². The summed E-state index contributed by atoms with van der Waals surface area (Å²) in [5, 5.41) is 0. The molecule has 0 unspecified atom stereocenters. The van der Waals surface area contributed by atoms with Gasteiger partial charge in [-0.25, -0.2) is 0 Å². The second-order valence-corrected chi connectivity index (χ2v) is 7.12. The van der Waals surface area contributed by atoms with E-state index >= 15 is 0 Å². The molecule has 2 nitrogen and oxygen atoms in total. The lowest BCUT2D eigenvalue weighted by Crippen LogP contribution is -2.23. The van der Waals surface area contributed by atoms with Crippen LogP contribution in [0.5, 0.6) is 0 Å². The van der Waals surface area contributed by atoms with Gasteiger partial charge in [0.05, 0.1) is 0 Å². The number of nitrogens with two attached hydrogens (primary N) is 1. The number of unbranched alkanes of at least 4 members (excludes halogenated alkanes) is 14. The van der Waals surface area contributed by atoms with Crippen LogP contribution in [-0.2, 0) is 0 Å². The zero-order chi connectivity index (χ0) is 17.0. The molecule has 140 valence electrons. The maximum Gasteiger partial charge on any atom is -0.00190 e. The Morgan fingerprint density at radius 3 is 1.09 bits per heavy atom. The predicted octanol–water partition coefficient (Wildman–Crippen LogP) is 6.14. The van der Waals surface area contributed by atoms with Gasteiger partial charge in [-0.15, -0.1) is 0 Å². The van der Waals surface area contributed by atoms with Gasteiger partial charge in [-0.05, 0) is 39.0 Å². The lowest BCUT2D eigenvalue weighted by atomic mass is 10.0. The van der Waals surface area contributed by atoms with Gasteiger partial charge in [0.15, 0.2) is 0 Å². The molecule has 0 rings (SSSR count). The van der Waals surface area contributed by atoms with Crippen LogP contribution in [0.25, 0.3) is 0 Å². The standard InChI is InChI=1S/C21H46N2/c1-3-23(4-2)21-19-17-15-13-11-9-7-5-6-8-10-12-14-16-18-20-22/h3-22H2,1-2H3. The highest BCUT2D eigenvalue weighted by Crippen LogP contribution is 2.13. The molecule has 0 aliphatic heterocycles. The van der Waals surface area contributed by atoms with Crippen molar-refractivity contribution in [3.05, 3.63) is 0 Å². The first kappa shape index (κ1) is 22.9. The number of hydrogen-bond acceptors (Lipinski definition) is 2. The molecule has 0 atom stereocenters. The average Bonchev–Trinajstić information content (AvgIpc) is 2.58. The first-order valence-electron chi connectivity index (χ1n) is 10.8. The van der Waals surface area contributed by atoms with Gasteiger partial charge < -0.3 is 10.6 Å². The van der Waals surface area contributed by atoms with Crippen molar-refractivity contribution in [1.29, 1.82) is 0 Å². The summed E-state index contributed by atoms with van der Waals surface area (Å²) in [5.41, 5.74) is 5.50. The molecule has 0 aromatic carbocycles. The highest BCUT2D eigenvalue weighted by Gasteiger charge is 1.98. The third-order valence-corrected chi connectivity index (χ3v) is 5.07. The summed E-state index contributed by atoms with van der Waals surface area (Å²) in [4.78, 5) is 2.54. The molecule has 0 radical (unpaired) electrons. The van der Waals surface area contributed by atoms with Gasteiger partial charge in [-0.2, -0.15) is 0 Å². The highest BCUT2D eigenvalue weighted by atomic mass is 15.1. The Kier molecular flexibility index (Phi) is 19.9. The topological polar surface area (TPSA) is 29.3 Å². The number of hydrogen-bond donors (Lipinski definition) is 1. The van der Waals surface area contributed by atoms with Crippen molar-refractivity contribution in [2.75, 3.05) is 26.2 Å². The van der Waals surface area contributed by atoms with E-state index in [1.807, 2.05) is 0 Å². The second kappa shape index (κ2) is 20.0. The Bertz CT molecular complexity index is 202. The fraction of sp³-hybridized carbons (Fsp3) is 1.00. The molecule has 0 bridgehead atoms. The summed E-state index contributed by atoms with van der Waals surface area (Å²) in [6.07, 6.45) is 21.3. The summed E-state index contributed by atoms with van der Waals surface area (Å²) in [6, 6.07) is 0. The van der Waals surface area contributed by atoms with E-state index in [1.54, 1.807) is 0 Å². The largest absolute Gasteiger partial charge is 0.330 e. The highest BCUT2D eigenvalue weighted by molar-refractivity contribution is 4.54. The van der Waals surface area contributed by atoms with Crippen LogP contribution in [0, 0.1) is 0 Å². The van der Waals surface area contributed by atoms with Crippen molar-refractivity contribution in [3.8, 4) is 0 Å². The summed E-state index contributed by atoms with van der Waals surface area (Å²) in [6.45, 7) is 9.14. The minimum atomic E-state index is 0.871. The fourth-order valence-electron chi connectivity index (χ4n) is 3.32. The van der Waals surface area contributed by atoms with Gasteiger partial charge in [0, 0.05) is 0 Å². The van der Waals surface area contributed by atoms with Gasteiger partial charge in [-0.3, -0.25) is 0 Å². The molecule has 0 aromatic heterocycles. The minimum absolute atomic E-state index is 0.871. The molecule has 0 aromatic rings. The van der Waals surface area contributed by atoms with Gasteiger partial charge in [0.1, 0.15) is 0 Å². The molecule has 0 saturated carbocycles. The minimum Gasteiger partial charge on any atom is -0.330 e. The molecule has 2 N–H and O–H groups in total. The maximum atomic E-state index is 5.50. The van der Waals surface area contributed by atoms with E-state index < -0.39 is 0 Å². The van der Waals surface area contributed by atoms with Crippen LogP contribution < -0.4 is 5.73 Å². The molecule has 0 heterocycles. The van der Waals surface area contributed by atoms with Crippen molar-refractivity contribution >= 4 is 0 Å². The zero-order valence-corrected chi connectivity index (χ0v) is 16.5. The molecule has 0 amide bonds. The molecular weight excluding hydrogens is 280 g/mol. The van der Waals surface area contributed by atoms with E-state index in [1.165, 1.54) is 116 Å². The average molecular weight is 327 g/mol. The summed E-state index contributed by atoms with van der Waals surface area (Å²) >= 11 is 0. The van der Waals surface area contributed by atoms with Gasteiger partial charge >= 0.3 is 0 Å². The Hall–Kier alpha value is -0.0800. The number of rotatable bonds is 19. The quantitative estimate of drug-likeness (QED) is 0.289. The molecule has 0 fully saturated rings. The van der Waals surface area contributed by atoms with E-state index in [4.69, 9.17) is 5.73 Å². The van der Waals surface area contributed by atoms with Crippen LogP contribution in [0.4, 0.5) is 0 Å². The SMILES string of the molecule is CCN(CC)CCCCCCCCCCCCCCCCCN. The van der Waals surface area contributed by atoms with Crippen LogP contribution in [-0.4, -0.2) is 31.1 Å². The molecular formula is C21H46N2. The summed E-state index contributed by atoms with van der Waals surface area (Å²) in [7, 11) is 0.